The summed E-state index contributed by atoms with van der Waals surface area (Å²) in [6.45, 7) is 0. The molecule has 2 heterocycles. The molecule has 3 aromatic carbocycles. The fraction of sp³-hybridized carbons (Fsp3) is 0.167. The first-order valence-electron chi connectivity index (χ1n) is 10.6. The molecular weight excluding hydrogens is 558 g/mol. The molecule has 2 fully saturated rings. The summed E-state index contributed by atoms with van der Waals surface area (Å²) in [6.07, 6.45) is -1.20. The van der Waals surface area contributed by atoms with E-state index in [4.69, 9.17) is 21.2 Å². The molecule has 2 aliphatic rings. The van der Waals surface area contributed by atoms with Gasteiger partial charge in [-0.3, -0.25) is 24.5 Å². The average molecular weight is 575 g/mol. The van der Waals surface area contributed by atoms with Crippen molar-refractivity contribution in [3.8, 4) is 11.5 Å². The number of carbonyl (C=O) groups excluding carboxylic acids is 2. The van der Waals surface area contributed by atoms with E-state index in [1.165, 1.54) is 42.5 Å². The minimum atomic E-state index is -1.20. The van der Waals surface area contributed by atoms with Crippen LogP contribution in [0.5, 0.6) is 11.5 Å². The second kappa shape index (κ2) is 9.08. The first-order chi connectivity index (χ1) is 17.2. The summed E-state index contributed by atoms with van der Waals surface area (Å²) >= 11 is 9.38. The average Bonchev–Trinajstić information content (AvgIpc) is 3.36. The van der Waals surface area contributed by atoms with Gasteiger partial charge in [-0.05, 0) is 57.9 Å². The summed E-state index contributed by atoms with van der Waals surface area (Å²) < 4.78 is 5.57. The third-order valence-electron chi connectivity index (χ3n) is 6.09. The number of phenols is 1. The minimum Gasteiger partial charge on any atom is -0.503 e. The van der Waals surface area contributed by atoms with Gasteiger partial charge in [0.25, 0.3) is 11.6 Å². The lowest BCUT2D eigenvalue weighted by Gasteiger charge is -2.29. The summed E-state index contributed by atoms with van der Waals surface area (Å²) in [4.78, 5) is 45.0. The number of hydrogen-bond donors (Lipinski definition) is 1. The summed E-state index contributed by atoms with van der Waals surface area (Å²) in [5.74, 6) is -2.13. The van der Waals surface area contributed by atoms with Gasteiger partial charge in [0.1, 0.15) is 5.92 Å². The molecule has 12 heteroatoms. The molecule has 0 bridgehead atoms. The number of fused-ring (bicyclic) bond motifs is 1. The lowest BCUT2D eigenvalue weighted by molar-refractivity contribution is -0.384. The Balaban J connectivity index is 1.65. The number of rotatable bonds is 5. The van der Waals surface area contributed by atoms with Crippen LogP contribution in [-0.4, -0.2) is 35.1 Å². The Morgan fingerprint density at radius 1 is 1.08 bits per heavy atom. The first-order valence-corrected chi connectivity index (χ1v) is 11.8. The Kier molecular flexibility index (Phi) is 6.07. The molecule has 1 N–H and O–H groups in total. The summed E-state index contributed by atoms with van der Waals surface area (Å²) in [7, 11) is 1.38. The molecule has 2 saturated heterocycles. The smallest absolute Gasteiger partial charge is 0.271 e. The third kappa shape index (κ3) is 3.85. The van der Waals surface area contributed by atoms with Gasteiger partial charge in [-0.2, -0.15) is 0 Å². The number of anilines is 2. The van der Waals surface area contributed by atoms with Crippen LogP contribution in [0.2, 0.25) is 5.02 Å². The fourth-order valence-corrected chi connectivity index (χ4v) is 5.16. The Bertz CT molecular complexity index is 1420. The van der Waals surface area contributed by atoms with E-state index < -0.39 is 34.8 Å². The van der Waals surface area contributed by atoms with Gasteiger partial charge in [-0.15, -0.1) is 0 Å². The topological polar surface area (TPSA) is 122 Å². The molecule has 0 saturated carbocycles. The predicted molar refractivity (Wildman–Crippen MR) is 133 cm³/mol. The van der Waals surface area contributed by atoms with Crippen LogP contribution >= 0.6 is 27.5 Å². The number of imide groups is 1. The van der Waals surface area contributed by atoms with Crippen molar-refractivity contribution in [2.24, 2.45) is 5.92 Å². The first kappa shape index (κ1) is 24.0. The van der Waals surface area contributed by atoms with Crippen LogP contribution in [0.25, 0.3) is 0 Å². The number of aromatic hydroxyl groups is 1. The highest BCUT2D eigenvalue weighted by atomic mass is 79.9. The SMILES string of the molecule is COc1cc(C2C3C(=O)N(c4cccc(Cl)c4)C(=O)C3ON2c2cccc([N+](=O)[O-])c2)cc(Br)c1O. The van der Waals surface area contributed by atoms with Crippen LogP contribution in [0.15, 0.2) is 65.1 Å². The zero-order valence-corrected chi connectivity index (χ0v) is 20.8. The van der Waals surface area contributed by atoms with E-state index in [0.29, 0.717) is 20.7 Å². The standard InChI is InChI=1S/C24H17BrClN3O7/c1-35-18-9-12(8-17(25)21(18)30)20-19-22(36-28(20)15-6-3-7-16(11-15)29(33)34)24(32)27(23(19)31)14-5-2-4-13(26)10-14/h2-11,19-20,22,30H,1H3. The number of methoxy groups -OCH3 is 1. The van der Waals surface area contributed by atoms with Gasteiger partial charge in [-0.25, -0.2) is 9.96 Å². The quantitative estimate of drug-likeness (QED) is 0.263. The molecule has 3 unspecified atom stereocenters. The van der Waals surface area contributed by atoms with Crippen molar-refractivity contribution < 1.29 is 29.2 Å². The Hall–Kier alpha value is -3.67. The molecular formula is C24H17BrClN3O7. The van der Waals surface area contributed by atoms with Crippen LogP contribution < -0.4 is 14.7 Å². The molecule has 3 aromatic rings. The van der Waals surface area contributed by atoms with Crippen molar-refractivity contribution in [2.45, 2.75) is 12.1 Å². The molecule has 184 valence electrons. The number of nitrogens with zero attached hydrogens (tertiary/aromatic N) is 3. The van der Waals surface area contributed by atoms with Crippen molar-refractivity contribution in [1.82, 2.24) is 0 Å². The van der Waals surface area contributed by atoms with Gasteiger partial charge in [-0.1, -0.05) is 23.7 Å². The second-order valence-electron chi connectivity index (χ2n) is 8.14. The lowest BCUT2D eigenvalue weighted by atomic mass is 9.90. The number of carbonyl (C=O) groups is 2. The number of benzene rings is 3. The van der Waals surface area contributed by atoms with Gasteiger partial charge in [0.2, 0.25) is 5.91 Å². The van der Waals surface area contributed by atoms with Crippen molar-refractivity contribution in [3.63, 3.8) is 0 Å². The normalized spacial score (nSPS) is 21.1. The number of hydrogen-bond acceptors (Lipinski definition) is 8. The van der Waals surface area contributed by atoms with Crippen LogP contribution in [0.3, 0.4) is 0 Å². The fourth-order valence-electron chi connectivity index (χ4n) is 4.51. The number of nitro groups is 1. The summed E-state index contributed by atoms with van der Waals surface area (Å²) in [5, 5.41) is 23.4. The summed E-state index contributed by atoms with van der Waals surface area (Å²) in [6, 6.07) is 14.3. The molecule has 2 aliphatic heterocycles. The van der Waals surface area contributed by atoms with Crippen LogP contribution in [0, 0.1) is 16.0 Å². The Morgan fingerprint density at radius 2 is 1.81 bits per heavy atom. The van der Waals surface area contributed by atoms with Gasteiger partial charge >= 0.3 is 0 Å². The highest BCUT2D eigenvalue weighted by Crippen LogP contribution is 2.50. The number of ether oxygens (including phenoxy) is 1. The number of phenolic OH excluding ortho intramolecular Hbond substituents is 1. The van der Waals surface area contributed by atoms with E-state index in [2.05, 4.69) is 15.9 Å². The van der Waals surface area contributed by atoms with Crippen molar-refractivity contribution in [2.75, 3.05) is 17.1 Å². The molecule has 0 radical (unpaired) electrons. The zero-order valence-electron chi connectivity index (χ0n) is 18.5. The molecule has 0 aliphatic carbocycles. The maximum absolute atomic E-state index is 13.7. The maximum Gasteiger partial charge on any atom is 0.271 e. The largest absolute Gasteiger partial charge is 0.503 e. The van der Waals surface area contributed by atoms with Crippen molar-refractivity contribution in [1.29, 1.82) is 0 Å². The van der Waals surface area contributed by atoms with Gasteiger partial charge < -0.3 is 9.84 Å². The highest BCUT2D eigenvalue weighted by molar-refractivity contribution is 9.10. The molecule has 5 rings (SSSR count). The highest BCUT2D eigenvalue weighted by Gasteiger charge is 2.60. The van der Waals surface area contributed by atoms with Crippen molar-refractivity contribution in [3.05, 3.63) is 85.8 Å². The Labute approximate surface area is 217 Å². The Morgan fingerprint density at radius 3 is 2.50 bits per heavy atom. The monoisotopic (exact) mass is 573 g/mol. The molecule has 2 amide bonds. The number of halogens is 2. The molecule has 0 aromatic heterocycles. The number of amides is 2. The maximum atomic E-state index is 13.7. The van der Waals surface area contributed by atoms with E-state index >= 15 is 0 Å². The number of non-ortho nitro benzene ring substituents is 1. The lowest BCUT2D eigenvalue weighted by Crippen LogP contribution is -2.37. The zero-order chi connectivity index (χ0) is 25.7. The van der Waals surface area contributed by atoms with Crippen molar-refractivity contribution >= 4 is 56.4 Å². The van der Waals surface area contributed by atoms with E-state index in [1.54, 1.807) is 30.3 Å². The van der Waals surface area contributed by atoms with E-state index in [-0.39, 0.29) is 22.9 Å². The minimum absolute atomic E-state index is 0.130. The second-order valence-corrected chi connectivity index (χ2v) is 9.44. The van der Waals surface area contributed by atoms with Gasteiger partial charge in [0.15, 0.2) is 17.6 Å². The van der Waals surface area contributed by atoms with Gasteiger partial charge in [0.05, 0.1) is 33.9 Å². The molecule has 10 nitrogen and oxygen atoms in total. The van der Waals surface area contributed by atoms with Gasteiger partial charge in [0, 0.05) is 17.2 Å². The van der Waals surface area contributed by atoms with Crippen LogP contribution in [-0.2, 0) is 14.4 Å². The number of nitro benzene ring substituents is 1. The van der Waals surface area contributed by atoms with Crippen LogP contribution in [0.4, 0.5) is 17.1 Å². The predicted octanol–water partition coefficient (Wildman–Crippen LogP) is 4.78. The van der Waals surface area contributed by atoms with E-state index in [9.17, 15) is 24.8 Å². The molecule has 3 atom stereocenters. The van der Waals surface area contributed by atoms with E-state index in [1.807, 2.05) is 0 Å². The summed E-state index contributed by atoms with van der Waals surface area (Å²) in [5.41, 5.74) is 0.876. The van der Waals surface area contributed by atoms with Crippen LogP contribution in [0.1, 0.15) is 11.6 Å². The molecule has 0 spiro atoms. The number of hydroxylamine groups is 1. The van der Waals surface area contributed by atoms with E-state index in [0.717, 1.165) is 4.90 Å². The third-order valence-corrected chi connectivity index (χ3v) is 6.93. The molecule has 36 heavy (non-hydrogen) atoms.